The number of hydrogen-bond acceptors (Lipinski definition) is 6. The first-order valence-electron chi connectivity index (χ1n) is 11.2. The van der Waals surface area contributed by atoms with Crippen molar-refractivity contribution in [2.45, 2.75) is 51.7 Å². The zero-order valence-electron chi connectivity index (χ0n) is 18.5. The zero-order chi connectivity index (χ0) is 21.6. The predicted molar refractivity (Wildman–Crippen MR) is 119 cm³/mol. The quantitative estimate of drug-likeness (QED) is 0.734. The maximum atomic E-state index is 12.5. The Labute approximate surface area is 184 Å². The van der Waals surface area contributed by atoms with Crippen molar-refractivity contribution in [3.8, 4) is 5.75 Å². The van der Waals surface area contributed by atoms with Crippen molar-refractivity contribution in [3.05, 3.63) is 47.4 Å². The van der Waals surface area contributed by atoms with E-state index in [-0.39, 0.29) is 12.0 Å². The van der Waals surface area contributed by atoms with Crippen molar-refractivity contribution in [2.24, 2.45) is 5.92 Å². The van der Waals surface area contributed by atoms with E-state index in [0.717, 1.165) is 73.8 Å². The maximum absolute atomic E-state index is 12.5. The number of rotatable bonds is 7. The van der Waals surface area contributed by atoms with Gasteiger partial charge in [-0.25, -0.2) is 9.97 Å². The number of carbonyl (C=O) groups excluding carboxylic acids is 1. The molecule has 2 fully saturated rings. The summed E-state index contributed by atoms with van der Waals surface area (Å²) in [6.45, 7) is 4.96. The highest BCUT2D eigenvalue weighted by molar-refractivity contribution is 5.81. The van der Waals surface area contributed by atoms with Gasteiger partial charge in [-0.2, -0.15) is 0 Å². The maximum Gasteiger partial charge on any atom is 0.251 e. The first-order chi connectivity index (χ1) is 15.1. The summed E-state index contributed by atoms with van der Waals surface area (Å²) in [6, 6.07) is 10.1. The molecule has 7 heteroatoms. The van der Waals surface area contributed by atoms with Gasteiger partial charge >= 0.3 is 0 Å². The molecule has 1 unspecified atom stereocenters. The summed E-state index contributed by atoms with van der Waals surface area (Å²) >= 11 is 0. The number of aryl methyl sites for hydroxylation is 1. The van der Waals surface area contributed by atoms with Gasteiger partial charge in [0.1, 0.15) is 23.5 Å². The average molecular weight is 425 g/mol. The molecule has 4 rings (SSSR count). The van der Waals surface area contributed by atoms with Gasteiger partial charge in [-0.15, -0.1) is 0 Å². The Balaban J connectivity index is 1.31. The number of carbonyl (C=O) groups is 1. The molecule has 166 valence electrons. The van der Waals surface area contributed by atoms with E-state index in [1.165, 1.54) is 0 Å². The van der Waals surface area contributed by atoms with Crippen LogP contribution in [0, 0.1) is 12.8 Å². The molecule has 1 amide bonds. The number of anilines is 1. The Kier molecular flexibility index (Phi) is 7.02. The van der Waals surface area contributed by atoms with Gasteiger partial charge < -0.3 is 19.7 Å². The number of hydrogen-bond donors (Lipinski definition) is 1. The lowest BCUT2D eigenvalue weighted by Gasteiger charge is -2.33. The SMILES string of the molecule is COc1cccc(CNc2cc(CC3CCN(C(=O)C4CCCO4)CC3)nc(C)n2)c1. The van der Waals surface area contributed by atoms with Crippen LogP contribution in [0.5, 0.6) is 5.75 Å². The van der Waals surface area contributed by atoms with Crippen LogP contribution >= 0.6 is 0 Å². The molecule has 0 spiro atoms. The van der Waals surface area contributed by atoms with Crippen LogP contribution in [0.4, 0.5) is 5.82 Å². The highest BCUT2D eigenvalue weighted by Crippen LogP contribution is 2.24. The van der Waals surface area contributed by atoms with Gasteiger partial charge in [0, 0.05) is 38.0 Å². The van der Waals surface area contributed by atoms with E-state index in [4.69, 9.17) is 9.47 Å². The topological polar surface area (TPSA) is 76.6 Å². The molecule has 2 aliphatic heterocycles. The van der Waals surface area contributed by atoms with Crippen molar-refractivity contribution in [3.63, 3.8) is 0 Å². The zero-order valence-corrected chi connectivity index (χ0v) is 18.5. The minimum atomic E-state index is -0.209. The van der Waals surface area contributed by atoms with Crippen LogP contribution < -0.4 is 10.1 Å². The minimum Gasteiger partial charge on any atom is -0.497 e. The molecular weight excluding hydrogens is 392 g/mol. The largest absolute Gasteiger partial charge is 0.497 e. The highest BCUT2D eigenvalue weighted by atomic mass is 16.5. The lowest BCUT2D eigenvalue weighted by atomic mass is 9.91. The lowest BCUT2D eigenvalue weighted by molar-refractivity contribution is -0.142. The molecule has 3 heterocycles. The Morgan fingerprint density at radius 3 is 2.81 bits per heavy atom. The van der Waals surface area contributed by atoms with Gasteiger partial charge in [0.05, 0.1) is 7.11 Å². The molecule has 1 atom stereocenters. The summed E-state index contributed by atoms with van der Waals surface area (Å²) in [7, 11) is 1.68. The minimum absolute atomic E-state index is 0.179. The molecule has 2 aromatic rings. The van der Waals surface area contributed by atoms with Gasteiger partial charge in [-0.3, -0.25) is 4.79 Å². The Bertz CT molecular complexity index is 890. The van der Waals surface area contributed by atoms with Crippen molar-refractivity contribution in [2.75, 3.05) is 32.1 Å². The standard InChI is InChI=1S/C24H32N4O3/c1-17-26-20(15-23(27-17)25-16-19-5-3-6-21(14-19)30-2)13-18-8-10-28(11-9-18)24(29)22-7-4-12-31-22/h3,5-6,14-15,18,22H,4,7-13,16H2,1-2H3,(H,25,26,27). The summed E-state index contributed by atoms with van der Waals surface area (Å²) < 4.78 is 10.9. The van der Waals surface area contributed by atoms with E-state index in [1.807, 2.05) is 30.0 Å². The number of piperidine rings is 1. The molecule has 0 aliphatic carbocycles. The fourth-order valence-corrected chi connectivity index (χ4v) is 4.43. The Hall–Kier alpha value is -2.67. The van der Waals surface area contributed by atoms with Crippen molar-refractivity contribution in [1.29, 1.82) is 0 Å². The molecule has 31 heavy (non-hydrogen) atoms. The molecule has 1 aromatic heterocycles. The number of nitrogens with one attached hydrogen (secondary N) is 1. The number of aromatic nitrogens is 2. The van der Waals surface area contributed by atoms with Crippen LogP contribution in [0.15, 0.2) is 30.3 Å². The summed E-state index contributed by atoms with van der Waals surface area (Å²) in [4.78, 5) is 23.7. The van der Waals surface area contributed by atoms with E-state index >= 15 is 0 Å². The number of benzene rings is 1. The van der Waals surface area contributed by atoms with Crippen molar-refractivity contribution in [1.82, 2.24) is 14.9 Å². The van der Waals surface area contributed by atoms with Crippen LogP contribution in [0.3, 0.4) is 0 Å². The molecule has 0 bridgehead atoms. The summed E-state index contributed by atoms with van der Waals surface area (Å²) in [5, 5.41) is 3.41. The lowest BCUT2D eigenvalue weighted by Crippen LogP contribution is -2.44. The van der Waals surface area contributed by atoms with Crippen molar-refractivity contribution < 1.29 is 14.3 Å². The first-order valence-corrected chi connectivity index (χ1v) is 11.2. The monoisotopic (exact) mass is 424 g/mol. The molecule has 0 radical (unpaired) electrons. The summed E-state index contributed by atoms with van der Waals surface area (Å²) in [5.74, 6) is 3.18. The molecule has 1 N–H and O–H groups in total. The van der Waals surface area contributed by atoms with Gasteiger partial charge in [0.15, 0.2) is 0 Å². The van der Waals surface area contributed by atoms with E-state index in [1.54, 1.807) is 7.11 Å². The normalized spacial score (nSPS) is 19.4. The second-order valence-corrected chi connectivity index (χ2v) is 8.47. The van der Waals surface area contributed by atoms with Crippen LogP contribution in [0.2, 0.25) is 0 Å². The number of methoxy groups -OCH3 is 1. The third-order valence-corrected chi connectivity index (χ3v) is 6.13. The molecule has 1 aromatic carbocycles. The Morgan fingerprint density at radius 1 is 1.23 bits per heavy atom. The number of ether oxygens (including phenoxy) is 2. The molecule has 2 saturated heterocycles. The van der Waals surface area contributed by atoms with E-state index < -0.39 is 0 Å². The summed E-state index contributed by atoms with van der Waals surface area (Å²) in [5.41, 5.74) is 2.20. The van der Waals surface area contributed by atoms with Gasteiger partial charge in [-0.1, -0.05) is 12.1 Å². The fraction of sp³-hybridized carbons (Fsp3) is 0.542. The van der Waals surface area contributed by atoms with E-state index in [0.29, 0.717) is 19.1 Å². The van der Waals surface area contributed by atoms with E-state index in [9.17, 15) is 4.79 Å². The number of amides is 1. The van der Waals surface area contributed by atoms with Crippen LogP contribution in [0.1, 0.15) is 42.8 Å². The van der Waals surface area contributed by atoms with Gasteiger partial charge in [0.2, 0.25) is 0 Å². The van der Waals surface area contributed by atoms with Crippen LogP contribution in [0.25, 0.3) is 0 Å². The number of likely N-dealkylation sites (tertiary alicyclic amines) is 1. The number of nitrogens with zero attached hydrogens (tertiary/aromatic N) is 3. The fourth-order valence-electron chi connectivity index (χ4n) is 4.43. The third kappa shape index (κ3) is 5.73. The van der Waals surface area contributed by atoms with E-state index in [2.05, 4.69) is 27.4 Å². The van der Waals surface area contributed by atoms with Gasteiger partial charge in [-0.05, 0) is 62.6 Å². The second kappa shape index (κ2) is 10.1. The predicted octanol–water partition coefficient (Wildman–Crippen LogP) is 3.37. The first kappa shape index (κ1) is 21.6. The molecular formula is C24H32N4O3. The van der Waals surface area contributed by atoms with Crippen LogP contribution in [-0.4, -0.2) is 53.7 Å². The van der Waals surface area contributed by atoms with Crippen LogP contribution in [-0.2, 0) is 22.5 Å². The Morgan fingerprint density at radius 2 is 2.06 bits per heavy atom. The highest BCUT2D eigenvalue weighted by Gasteiger charge is 2.31. The second-order valence-electron chi connectivity index (χ2n) is 8.47. The molecule has 7 nitrogen and oxygen atoms in total. The third-order valence-electron chi connectivity index (χ3n) is 6.13. The average Bonchev–Trinajstić information content (AvgIpc) is 3.32. The summed E-state index contributed by atoms with van der Waals surface area (Å²) in [6.07, 6.45) is 4.58. The molecule has 0 saturated carbocycles. The smallest absolute Gasteiger partial charge is 0.251 e. The van der Waals surface area contributed by atoms with Gasteiger partial charge in [0.25, 0.3) is 5.91 Å². The van der Waals surface area contributed by atoms with Crippen molar-refractivity contribution >= 4 is 11.7 Å². The molecule has 2 aliphatic rings.